The van der Waals surface area contributed by atoms with Crippen molar-refractivity contribution in [3.05, 3.63) is 65.5 Å². The molecule has 33 heavy (non-hydrogen) atoms. The number of amides is 2. The highest BCUT2D eigenvalue weighted by atomic mass is 16.2. The van der Waals surface area contributed by atoms with Crippen molar-refractivity contribution in [2.45, 2.75) is 47.5 Å². The highest BCUT2D eigenvalue weighted by molar-refractivity contribution is 5.95. The zero-order valence-corrected chi connectivity index (χ0v) is 19.7. The Kier molecular flexibility index (Phi) is 5.89. The second kappa shape index (κ2) is 8.65. The molecule has 170 valence electrons. The van der Waals surface area contributed by atoms with E-state index >= 15 is 0 Å². The van der Waals surface area contributed by atoms with Crippen molar-refractivity contribution < 1.29 is 9.59 Å². The Bertz CT molecular complexity index is 1350. The van der Waals surface area contributed by atoms with Gasteiger partial charge < -0.3 is 10.6 Å². The van der Waals surface area contributed by atoms with E-state index in [0.717, 1.165) is 33.5 Å². The Morgan fingerprint density at radius 3 is 2.24 bits per heavy atom. The number of benzene rings is 2. The van der Waals surface area contributed by atoms with Gasteiger partial charge in [0.25, 0.3) is 0 Å². The minimum atomic E-state index is -0.468. The molecule has 0 atom stereocenters. The Morgan fingerprint density at radius 1 is 0.939 bits per heavy atom. The van der Waals surface area contributed by atoms with Gasteiger partial charge in [-0.15, -0.1) is 0 Å². The molecule has 0 saturated heterocycles. The summed E-state index contributed by atoms with van der Waals surface area (Å²) in [5.74, 6) is -0.133. The van der Waals surface area contributed by atoms with Gasteiger partial charge in [0.05, 0.1) is 5.52 Å². The summed E-state index contributed by atoms with van der Waals surface area (Å²) in [4.78, 5) is 29.5. The third kappa shape index (κ3) is 4.72. The summed E-state index contributed by atoms with van der Waals surface area (Å²) >= 11 is 0. The number of aromatic nitrogens is 3. The maximum Gasteiger partial charge on any atom is 0.229 e. The number of hydrogen-bond acceptors (Lipinski definition) is 4. The van der Waals surface area contributed by atoms with Crippen LogP contribution >= 0.6 is 0 Å². The molecule has 0 spiro atoms. The van der Waals surface area contributed by atoms with Crippen molar-refractivity contribution in [1.29, 1.82) is 0 Å². The second-order valence-corrected chi connectivity index (χ2v) is 9.34. The molecule has 0 saturated carbocycles. The van der Waals surface area contributed by atoms with Crippen LogP contribution in [0.1, 0.15) is 44.1 Å². The van der Waals surface area contributed by atoms with Crippen molar-refractivity contribution in [2.24, 2.45) is 5.41 Å². The molecule has 0 bridgehead atoms. The van der Waals surface area contributed by atoms with Crippen molar-refractivity contribution in [3.63, 3.8) is 0 Å². The van der Waals surface area contributed by atoms with Gasteiger partial charge in [0.1, 0.15) is 0 Å². The normalized spacial score (nSPS) is 11.7. The molecule has 2 aromatic carbocycles. The van der Waals surface area contributed by atoms with E-state index in [1.807, 2.05) is 63.4 Å². The first-order chi connectivity index (χ1) is 15.6. The van der Waals surface area contributed by atoms with Gasteiger partial charge in [-0.2, -0.15) is 5.10 Å². The van der Waals surface area contributed by atoms with Crippen LogP contribution in [0.15, 0.2) is 48.5 Å². The van der Waals surface area contributed by atoms with Gasteiger partial charge in [-0.3, -0.25) is 9.59 Å². The minimum Gasteiger partial charge on any atom is -0.326 e. The minimum absolute atomic E-state index is 0.0549. The van der Waals surface area contributed by atoms with E-state index in [2.05, 4.69) is 15.7 Å². The average Bonchev–Trinajstić information content (AvgIpc) is 3.13. The van der Waals surface area contributed by atoms with E-state index in [1.54, 1.807) is 24.3 Å². The van der Waals surface area contributed by atoms with Crippen LogP contribution in [0.3, 0.4) is 0 Å². The standard InChI is InChI=1S/C26H29N5O2/c1-16-20(17(2)31-24(27-16)21-8-6-7-9-22(21)30-31)14-15-23(32)28-18-10-12-19(13-11-18)29-25(33)26(3,4)5/h6-13H,14-15H2,1-5H3,(H,28,32)(H,29,33). The van der Waals surface area contributed by atoms with E-state index in [-0.39, 0.29) is 11.8 Å². The number of aryl methyl sites for hydroxylation is 2. The fourth-order valence-corrected chi connectivity index (χ4v) is 3.76. The Morgan fingerprint density at radius 2 is 1.58 bits per heavy atom. The number of rotatable bonds is 5. The quantitative estimate of drug-likeness (QED) is 0.451. The predicted molar refractivity (Wildman–Crippen MR) is 131 cm³/mol. The zero-order valence-electron chi connectivity index (χ0n) is 19.7. The maximum absolute atomic E-state index is 12.6. The summed E-state index contributed by atoms with van der Waals surface area (Å²) in [6.45, 7) is 9.59. The first-order valence-electron chi connectivity index (χ1n) is 11.1. The Hall–Kier alpha value is -3.74. The van der Waals surface area contributed by atoms with Crippen LogP contribution in [0.25, 0.3) is 16.6 Å². The van der Waals surface area contributed by atoms with E-state index in [4.69, 9.17) is 4.98 Å². The molecule has 0 unspecified atom stereocenters. The van der Waals surface area contributed by atoms with Crippen molar-refractivity contribution in [1.82, 2.24) is 14.6 Å². The van der Waals surface area contributed by atoms with E-state index in [9.17, 15) is 9.59 Å². The molecule has 2 N–H and O–H groups in total. The van der Waals surface area contributed by atoms with Crippen LogP contribution in [0.2, 0.25) is 0 Å². The lowest BCUT2D eigenvalue weighted by Crippen LogP contribution is -2.27. The fourth-order valence-electron chi connectivity index (χ4n) is 3.76. The summed E-state index contributed by atoms with van der Waals surface area (Å²) in [5.41, 5.74) is 5.61. The molecule has 4 rings (SSSR count). The maximum atomic E-state index is 12.6. The molecule has 7 nitrogen and oxygen atoms in total. The van der Waals surface area contributed by atoms with Crippen LogP contribution in [-0.4, -0.2) is 26.4 Å². The van der Waals surface area contributed by atoms with Crippen molar-refractivity contribution in [2.75, 3.05) is 10.6 Å². The fraction of sp³-hybridized carbons (Fsp3) is 0.308. The lowest BCUT2D eigenvalue weighted by molar-refractivity contribution is -0.123. The van der Waals surface area contributed by atoms with Crippen LogP contribution in [0.4, 0.5) is 11.4 Å². The average molecular weight is 444 g/mol. The van der Waals surface area contributed by atoms with Gasteiger partial charge in [0.15, 0.2) is 5.65 Å². The van der Waals surface area contributed by atoms with E-state index in [1.165, 1.54) is 0 Å². The smallest absolute Gasteiger partial charge is 0.229 e. The SMILES string of the molecule is Cc1nc2c3ccccc3nn2c(C)c1CCC(=O)Nc1ccc(NC(=O)C(C)(C)C)cc1. The zero-order chi connectivity index (χ0) is 23.8. The summed E-state index contributed by atoms with van der Waals surface area (Å²) < 4.78 is 1.87. The summed E-state index contributed by atoms with van der Waals surface area (Å²) in [7, 11) is 0. The molecular formula is C26H29N5O2. The summed E-state index contributed by atoms with van der Waals surface area (Å²) in [5, 5.41) is 11.5. The van der Waals surface area contributed by atoms with Crippen LogP contribution in [0.5, 0.6) is 0 Å². The Balaban J connectivity index is 1.43. The largest absolute Gasteiger partial charge is 0.326 e. The molecule has 0 radical (unpaired) electrons. The topological polar surface area (TPSA) is 88.4 Å². The highest BCUT2D eigenvalue weighted by Gasteiger charge is 2.21. The van der Waals surface area contributed by atoms with Crippen LogP contribution < -0.4 is 10.6 Å². The lowest BCUT2D eigenvalue weighted by Gasteiger charge is -2.17. The van der Waals surface area contributed by atoms with Gasteiger partial charge in [0, 0.05) is 40.0 Å². The lowest BCUT2D eigenvalue weighted by atomic mass is 9.95. The molecular weight excluding hydrogens is 414 g/mol. The molecule has 4 aromatic rings. The number of carbonyl (C=O) groups excluding carboxylic acids is 2. The number of carbonyl (C=O) groups is 2. The second-order valence-electron chi connectivity index (χ2n) is 9.34. The van der Waals surface area contributed by atoms with Gasteiger partial charge >= 0.3 is 0 Å². The first-order valence-corrected chi connectivity index (χ1v) is 11.1. The number of hydrogen-bond donors (Lipinski definition) is 2. The number of nitrogens with one attached hydrogen (secondary N) is 2. The molecule has 2 amide bonds. The van der Waals surface area contributed by atoms with Gasteiger partial charge in [0.2, 0.25) is 11.8 Å². The van der Waals surface area contributed by atoms with Crippen LogP contribution in [-0.2, 0) is 16.0 Å². The molecule has 2 heterocycles. The van der Waals surface area contributed by atoms with Gasteiger partial charge in [-0.1, -0.05) is 32.9 Å². The monoisotopic (exact) mass is 443 g/mol. The number of fused-ring (bicyclic) bond motifs is 3. The predicted octanol–water partition coefficient (Wildman–Crippen LogP) is 5.06. The molecule has 0 aliphatic heterocycles. The third-order valence-corrected chi connectivity index (χ3v) is 5.73. The molecule has 7 heteroatoms. The van der Waals surface area contributed by atoms with Gasteiger partial charge in [-0.05, 0) is 62.2 Å². The van der Waals surface area contributed by atoms with Gasteiger partial charge in [-0.25, -0.2) is 9.50 Å². The highest BCUT2D eigenvalue weighted by Crippen LogP contribution is 2.23. The molecule has 0 aliphatic rings. The van der Waals surface area contributed by atoms with E-state index < -0.39 is 5.41 Å². The molecule has 2 aromatic heterocycles. The van der Waals surface area contributed by atoms with Crippen molar-refractivity contribution >= 4 is 39.7 Å². The third-order valence-electron chi connectivity index (χ3n) is 5.73. The Labute approximate surface area is 193 Å². The van der Waals surface area contributed by atoms with E-state index in [0.29, 0.717) is 24.2 Å². The van der Waals surface area contributed by atoms with Crippen molar-refractivity contribution in [3.8, 4) is 0 Å². The summed E-state index contributed by atoms with van der Waals surface area (Å²) in [6.07, 6.45) is 0.903. The number of anilines is 2. The number of nitrogens with zero attached hydrogens (tertiary/aromatic N) is 3. The molecule has 0 fully saturated rings. The molecule has 0 aliphatic carbocycles. The summed E-state index contributed by atoms with van der Waals surface area (Å²) in [6, 6.07) is 15.1. The first kappa shape index (κ1) is 22.5. The van der Waals surface area contributed by atoms with Crippen LogP contribution in [0, 0.1) is 19.3 Å².